The van der Waals surface area contributed by atoms with E-state index in [1.165, 1.54) is 6.92 Å². The van der Waals surface area contributed by atoms with Crippen LogP contribution in [0.25, 0.3) is 17.3 Å². The topological polar surface area (TPSA) is 89.3 Å². The van der Waals surface area contributed by atoms with E-state index >= 15 is 0 Å². The van der Waals surface area contributed by atoms with Crippen LogP contribution in [0.5, 0.6) is 5.75 Å². The zero-order valence-electron chi connectivity index (χ0n) is 22.2. The molecule has 1 aliphatic heterocycles. The summed E-state index contributed by atoms with van der Waals surface area (Å²) in [7, 11) is 1.61. The highest BCUT2D eigenvalue weighted by molar-refractivity contribution is 6.35. The molecule has 0 radical (unpaired) electrons. The van der Waals surface area contributed by atoms with E-state index < -0.39 is 0 Å². The molecular formula is C30H27Cl2N5O3. The van der Waals surface area contributed by atoms with Gasteiger partial charge in [-0.2, -0.15) is 5.10 Å². The third kappa shape index (κ3) is 5.59. The van der Waals surface area contributed by atoms with E-state index in [0.29, 0.717) is 33.5 Å². The fraction of sp³-hybridized carbons (Fsp3) is 0.200. The highest BCUT2D eigenvalue weighted by atomic mass is 35.5. The van der Waals surface area contributed by atoms with Gasteiger partial charge in [-0.1, -0.05) is 41.4 Å². The van der Waals surface area contributed by atoms with Gasteiger partial charge >= 0.3 is 0 Å². The molecule has 1 atom stereocenters. The van der Waals surface area contributed by atoms with Crippen LogP contribution < -0.4 is 10.1 Å². The summed E-state index contributed by atoms with van der Waals surface area (Å²) in [4.78, 5) is 32.3. The molecular weight excluding hydrogens is 549 g/mol. The molecule has 3 heterocycles. The van der Waals surface area contributed by atoms with Gasteiger partial charge in [0.1, 0.15) is 5.75 Å². The standard InChI is InChI=1S/C30H27Cl2N5O3/c1-18(26-6-4-5-13-33-26)34-30(39)28-24-17-36(19(2)38)16-21(14-20-7-10-23(40-3)11-8-20)29(24)37(35-28)27-12-9-22(31)15-25(27)32/h4-15,18H,16-17H2,1-3H3,(H,34,39). The second-order valence-corrected chi connectivity index (χ2v) is 10.3. The molecule has 0 saturated carbocycles. The van der Waals surface area contributed by atoms with Crippen LogP contribution in [0.2, 0.25) is 10.0 Å². The van der Waals surface area contributed by atoms with Crippen molar-refractivity contribution in [2.45, 2.75) is 26.4 Å². The molecule has 2 aromatic heterocycles. The summed E-state index contributed by atoms with van der Waals surface area (Å²) in [6.07, 6.45) is 3.66. The Hall–Kier alpha value is -4.14. The van der Waals surface area contributed by atoms with Crippen molar-refractivity contribution < 1.29 is 14.3 Å². The number of carbonyl (C=O) groups excluding carboxylic acids is 2. The minimum Gasteiger partial charge on any atom is -0.497 e. The van der Waals surface area contributed by atoms with Crippen LogP contribution in [0.1, 0.15) is 52.9 Å². The zero-order chi connectivity index (χ0) is 28.4. The smallest absolute Gasteiger partial charge is 0.272 e. The maximum atomic E-state index is 13.7. The van der Waals surface area contributed by atoms with Crippen LogP contribution in [0.3, 0.4) is 0 Å². The summed E-state index contributed by atoms with van der Waals surface area (Å²) in [5, 5.41) is 8.63. The Balaban J connectivity index is 1.67. The SMILES string of the molecule is COc1ccc(C=C2CN(C(C)=O)Cc3c(C(=O)NC(C)c4ccccn4)nn(-c4ccc(Cl)cc4Cl)c32)cc1. The number of carbonyl (C=O) groups is 2. The van der Waals surface area contributed by atoms with Crippen molar-refractivity contribution in [2.75, 3.05) is 13.7 Å². The van der Waals surface area contributed by atoms with Gasteiger partial charge in [0.15, 0.2) is 5.69 Å². The molecule has 2 amide bonds. The first kappa shape index (κ1) is 27.4. The Labute approximate surface area is 242 Å². The van der Waals surface area contributed by atoms with Gasteiger partial charge in [-0.05, 0) is 66.6 Å². The number of methoxy groups -OCH3 is 1. The van der Waals surface area contributed by atoms with Gasteiger partial charge in [-0.3, -0.25) is 14.6 Å². The minimum atomic E-state index is -0.382. The Morgan fingerprint density at radius 2 is 1.85 bits per heavy atom. The van der Waals surface area contributed by atoms with Gasteiger partial charge in [-0.25, -0.2) is 4.68 Å². The molecule has 2 aromatic carbocycles. The largest absolute Gasteiger partial charge is 0.497 e. The lowest BCUT2D eigenvalue weighted by Crippen LogP contribution is -2.35. The average molecular weight is 576 g/mol. The Bertz CT molecular complexity index is 1600. The summed E-state index contributed by atoms with van der Waals surface area (Å²) < 4.78 is 6.96. The zero-order valence-corrected chi connectivity index (χ0v) is 23.7. The molecule has 8 nitrogen and oxygen atoms in total. The van der Waals surface area contributed by atoms with Crippen molar-refractivity contribution in [1.29, 1.82) is 0 Å². The van der Waals surface area contributed by atoms with Gasteiger partial charge in [-0.15, -0.1) is 0 Å². The van der Waals surface area contributed by atoms with Crippen molar-refractivity contribution in [1.82, 2.24) is 25.0 Å². The second-order valence-electron chi connectivity index (χ2n) is 9.45. The van der Waals surface area contributed by atoms with Crippen molar-refractivity contribution in [2.24, 2.45) is 0 Å². The number of nitrogens with zero attached hydrogens (tertiary/aromatic N) is 4. The molecule has 0 bridgehead atoms. The van der Waals surface area contributed by atoms with Gasteiger partial charge in [0, 0.05) is 30.3 Å². The molecule has 4 aromatic rings. The van der Waals surface area contributed by atoms with Crippen LogP contribution in [0.4, 0.5) is 0 Å². The van der Waals surface area contributed by atoms with Crippen LogP contribution in [0.15, 0.2) is 66.9 Å². The Kier molecular flexibility index (Phi) is 7.91. The van der Waals surface area contributed by atoms with Crippen molar-refractivity contribution >= 4 is 46.7 Å². The van der Waals surface area contributed by atoms with Crippen LogP contribution in [0, 0.1) is 0 Å². The monoisotopic (exact) mass is 575 g/mol. The fourth-order valence-electron chi connectivity index (χ4n) is 4.68. The Morgan fingerprint density at radius 1 is 1.07 bits per heavy atom. The third-order valence-corrected chi connectivity index (χ3v) is 7.27. The van der Waals surface area contributed by atoms with E-state index in [1.807, 2.05) is 55.5 Å². The van der Waals surface area contributed by atoms with Crippen molar-refractivity contribution in [3.63, 3.8) is 0 Å². The molecule has 0 aliphatic carbocycles. The molecule has 204 valence electrons. The van der Waals surface area contributed by atoms with Gasteiger partial charge in [0.05, 0.1) is 41.8 Å². The lowest BCUT2D eigenvalue weighted by molar-refractivity contribution is -0.128. The number of rotatable bonds is 6. The number of pyridine rings is 1. The average Bonchev–Trinajstić information content (AvgIpc) is 3.33. The fourth-order valence-corrected chi connectivity index (χ4v) is 5.16. The molecule has 0 spiro atoms. The van der Waals surface area contributed by atoms with E-state index in [9.17, 15) is 9.59 Å². The number of amides is 2. The number of aromatic nitrogens is 3. The number of fused-ring (bicyclic) bond motifs is 1. The normalized spacial score (nSPS) is 14.5. The number of halogens is 2. The van der Waals surface area contributed by atoms with Crippen molar-refractivity contribution in [3.05, 3.63) is 105 Å². The molecule has 40 heavy (non-hydrogen) atoms. The lowest BCUT2D eigenvalue weighted by atomic mass is 9.97. The lowest BCUT2D eigenvalue weighted by Gasteiger charge is -2.29. The predicted octanol–water partition coefficient (Wildman–Crippen LogP) is 5.98. The maximum absolute atomic E-state index is 13.7. The minimum absolute atomic E-state index is 0.114. The Morgan fingerprint density at radius 3 is 2.50 bits per heavy atom. The van der Waals surface area contributed by atoms with E-state index in [-0.39, 0.29) is 30.1 Å². The quantitative estimate of drug-likeness (QED) is 0.305. The van der Waals surface area contributed by atoms with E-state index in [1.54, 1.807) is 41.1 Å². The van der Waals surface area contributed by atoms with Crippen LogP contribution in [-0.4, -0.2) is 45.1 Å². The summed E-state index contributed by atoms with van der Waals surface area (Å²) in [6, 6.07) is 17.9. The highest BCUT2D eigenvalue weighted by Crippen LogP contribution is 2.36. The summed E-state index contributed by atoms with van der Waals surface area (Å²) in [6.45, 7) is 3.92. The summed E-state index contributed by atoms with van der Waals surface area (Å²) >= 11 is 12.8. The molecule has 1 unspecified atom stereocenters. The molecule has 5 rings (SSSR count). The first-order valence-corrected chi connectivity index (χ1v) is 13.4. The first-order chi connectivity index (χ1) is 19.2. The third-order valence-electron chi connectivity index (χ3n) is 6.73. The van der Waals surface area contributed by atoms with Gasteiger partial charge in [0.25, 0.3) is 5.91 Å². The molecule has 1 N–H and O–H groups in total. The number of hydrogen-bond donors (Lipinski definition) is 1. The second kappa shape index (κ2) is 11.5. The van der Waals surface area contributed by atoms with E-state index in [2.05, 4.69) is 10.3 Å². The molecule has 10 heteroatoms. The number of nitrogens with one attached hydrogen (secondary N) is 1. The van der Waals surface area contributed by atoms with Gasteiger partial charge in [0.2, 0.25) is 5.91 Å². The first-order valence-electron chi connectivity index (χ1n) is 12.6. The number of hydrogen-bond acceptors (Lipinski definition) is 5. The van der Waals surface area contributed by atoms with Gasteiger partial charge < -0.3 is 15.0 Å². The van der Waals surface area contributed by atoms with E-state index in [4.69, 9.17) is 33.0 Å². The summed E-state index contributed by atoms with van der Waals surface area (Å²) in [5.41, 5.74) is 4.52. The van der Waals surface area contributed by atoms with E-state index in [0.717, 1.165) is 22.6 Å². The number of benzene rings is 2. The highest BCUT2D eigenvalue weighted by Gasteiger charge is 2.33. The molecule has 0 saturated heterocycles. The maximum Gasteiger partial charge on any atom is 0.272 e. The van der Waals surface area contributed by atoms with Crippen molar-refractivity contribution in [3.8, 4) is 11.4 Å². The molecule has 0 fully saturated rings. The summed E-state index contributed by atoms with van der Waals surface area (Å²) in [5.74, 6) is 0.236. The molecule has 1 aliphatic rings. The number of ether oxygens (including phenoxy) is 1. The van der Waals surface area contributed by atoms with Crippen LogP contribution in [-0.2, 0) is 11.3 Å². The predicted molar refractivity (Wildman–Crippen MR) is 156 cm³/mol. The van der Waals surface area contributed by atoms with Crippen LogP contribution >= 0.6 is 23.2 Å².